The van der Waals surface area contributed by atoms with Gasteiger partial charge in [-0.15, -0.1) is 10.2 Å². The molecule has 9 nitrogen and oxygen atoms in total. The molecule has 10 heteroatoms. The average Bonchev–Trinajstić information content (AvgIpc) is 3.00. The predicted octanol–water partition coefficient (Wildman–Crippen LogP) is 9.92. The molecule has 0 saturated heterocycles. The van der Waals surface area contributed by atoms with Gasteiger partial charge in [-0.3, -0.25) is 4.55 Å². The van der Waals surface area contributed by atoms with Gasteiger partial charge in [-0.25, -0.2) is 4.79 Å². The first-order valence-corrected chi connectivity index (χ1v) is 18.1. The standard InChI is InChI=1S/C34H53N3O6S/c1-2-3-4-5-6-7-8-9-10-11-12-13-14-15-16-19-26-43-34(39)30-21-17-18-22-31(30)36-37-32-24-23-29(38)28-33(32)35-25-20-27-44(40,41)42/h17-18,21-24,28,35,38H,2-16,19-20,25-27H2,1H3,(H,40,41,42). The molecule has 0 bridgehead atoms. The Kier molecular flexibility index (Phi) is 19.0. The molecular weight excluding hydrogens is 578 g/mol. The van der Waals surface area contributed by atoms with Crippen molar-refractivity contribution in [2.45, 2.75) is 116 Å². The van der Waals surface area contributed by atoms with Crippen LogP contribution in [0.1, 0.15) is 126 Å². The second kappa shape index (κ2) is 22.5. The van der Waals surface area contributed by atoms with Crippen LogP contribution in [0.25, 0.3) is 0 Å². The van der Waals surface area contributed by atoms with Crippen molar-refractivity contribution in [1.82, 2.24) is 0 Å². The maximum Gasteiger partial charge on any atom is 0.340 e. The van der Waals surface area contributed by atoms with Gasteiger partial charge in [-0.2, -0.15) is 8.42 Å². The van der Waals surface area contributed by atoms with Gasteiger partial charge in [0, 0.05) is 12.6 Å². The Morgan fingerprint density at radius 2 is 1.30 bits per heavy atom. The van der Waals surface area contributed by atoms with Gasteiger partial charge in [0.05, 0.1) is 23.6 Å². The smallest absolute Gasteiger partial charge is 0.340 e. The average molecular weight is 632 g/mol. The third-order valence-corrected chi connectivity index (χ3v) is 8.30. The van der Waals surface area contributed by atoms with E-state index in [4.69, 9.17) is 9.29 Å². The molecule has 2 aromatic rings. The SMILES string of the molecule is CCCCCCCCCCCCCCCCCCOC(=O)c1ccccc1N=Nc1ccc(O)cc1NCCCS(=O)(=O)O. The Balaban J connectivity index is 1.66. The molecule has 0 heterocycles. The minimum atomic E-state index is -4.05. The van der Waals surface area contributed by atoms with E-state index in [2.05, 4.69) is 22.5 Å². The van der Waals surface area contributed by atoms with Crippen molar-refractivity contribution >= 4 is 33.1 Å². The number of phenols is 1. The lowest BCUT2D eigenvalue weighted by atomic mass is 10.0. The lowest BCUT2D eigenvalue weighted by Gasteiger charge is -2.09. The molecule has 0 saturated carbocycles. The van der Waals surface area contributed by atoms with E-state index in [1.807, 2.05) is 0 Å². The Morgan fingerprint density at radius 3 is 1.89 bits per heavy atom. The number of rotatable bonds is 25. The fourth-order valence-electron chi connectivity index (χ4n) is 4.96. The number of azo groups is 1. The van der Waals surface area contributed by atoms with Crippen LogP contribution in [0, 0.1) is 0 Å². The van der Waals surface area contributed by atoms with Gasteiger partial charge in [0.2, 0.25) is 0 Å². The van der Waals surface area contributed by atoms with Gasteiger partial charge in [0.15, 0.2) is 0 Å². The van der Waals surface area contributed by atoms with E-state index in [1.54, 1.807) is 30.3 Å². The zero-order chi connectivity index (χ0) is 31.9. The molecule has 246 valence electrons. The number of phenolic OH excluding ortho intramolecular Hbond substituents is 1. The number of carbonyl (C=O) groups excluding carboxylic acids is 1. The first kappa shape index (κ1) is 37.2. The molecule has 0 radical (unpaired) electrons. The minimum absolute atomic E-state index is 0.000656. The lowest BCUT2D eigenvalue weighted by molar-refractivity contribution is 0.0498. The second-order valence-electron chi connectivity index (χ2n) is 11.4. The molecule has 0 unspecified atom stereocenters. The highest BCUT2D eigenvalue weighted by molar-refractivity contribution is 7.85. The number of anilines is 1. The summed E-state index contributed by atoms with van der Waals surface area (Å²) in [7, 11) is -4.05. The maximum atomic E-state index is 12.8. The number of esters is 1. The maximum absolute atomic E-state index is 12.8. The number of benzene rings is 2. The van der Waals surface area contributed by atoms with E-state index in [0.29, 0.717) is 29.2 Å². The van der Waals surface area contributed by atoms with Crippen molar-refractivity contribution < 1.29 is 27.6 Å². The van der Waals surface area contributed by atoms with Crippen LogP contribution in [0.4, 0.5) is 17.1 Å². The molecule has 0 aliphatic carbocycles. The van der Waals surface area contributed by atoms with Gasteiger partial charge in [0.1, 0.15) is 17.1 Å². The van der Waals surface area contributed by atoms with Crippen LogP contribution in [-0.4, -0.2) is 43.0 Å². The number of nitrogens with zero attached hydrogens (tertiary/aromatic N) is 2. The van der Waals surface area contributed by atoms with Crippen molar-refractivity contribution in [3.63, 3.8) is 0 Å². The molecule has 3 N–H and O–H groups in total. The molecule has 2 rings (SSSR count). The van der Waals surface area contributed by atoms with Crippen molar-refractivity contribution in [2.24, 2.45) is 10.2 Å². The van der Waals surface area contributed by atoms with Crippen molar-refractivity contribution in [3.05, 3.63) is 48.0 Å². The zero-order valence-electron chi connectivity index (χ0n) is 26.5. The summed E-state index contributed by atoms with van der Waals surface area (Å²) in [5, 5.41) is 21.3. The number of aromatic hydroxyl groups is 1. The van der Waals surface area contributed by atoms with Crippen LogP contribution in [0.5, 0.6) is 5.75 Å². The molecule has 0 amide bonds. The van der Waals surface area contributed by atoms with Crippen LogP contribution in [0.3, 0.4) is 0 Å². The summed E-state index contributed by atoms with van der Waals surface area (Å²) in [6.45, 7) is 2.85. The molecule has 0 atom stereocenters. The van der Waals surface area contributed by atoms with Crippen LogP contribution in [0.2, 0.25) is 0 Å². The predicted molar refractivity (Wildman–Crippen MR) is 178 cm³/mol. The highest BCUT2D eigenvalue weighted by atomic mass is 32.2. The number of hydrogen-bond donors (Lipinski definition) is 3. The van der Waals surface area contributed by atoms with Crippen LogP contribution in [-0.2, 0) is 14.9 Å². The largest absolute Gasteiger partial charge is 0.508 e. The number of hydrogen-bond acceptors (Lipinski definition) is 8. The number of nitrogens with one attached hydrogen (secondary N) is 1. The molecular formula is C34H53N3O6S. The van der Waals surface area contributed by atoms with Crippen molar-refractivity contribution in [1.29, 1.82) is 0 Å². The number of ether oxygens (including phenoxy) is 1. The molecule has 0 aliphatic heterocycles. The number of unbranched alkanes of at least 4 members (excludes halogenated alkanes) is 15. The van der Waals surface area contributed by atoms with Gasteiger partial charge >= 0.3 is 5.97 Å². The molecule has 0 aliphatic rings. The summed E-state index contributed by atoms with van der Waals surface area (Å²) >= 11 is 0. The third kappa shape index (κ3) is 17.3. The Hall–Kier alpha value is -2.98. The Bertz CT molecular complexity index is 1220. The van der Waals surface area contributed by atoms with Crippen molar-refractivity contribution in [2.75, 3.05) is 24.2 Å². The molecule has 44 heavy (non-hydrogen) atoms. The fraction of sp³-hybridized carbons (Fsp3) is 0.618. The van der Waals surface area contributed by atoms with Gasteiger partial charge in [-0.1, -0.05) is 115 Å². The fourth-order valence-corrected chi connectivity index (χ4v) is 5.47. The molecule has 2 aromatic carbocycles. The second-order valence-corrected chi connectivity index (χ2v) is 13.0. The van der Waals surface area contributed by atoms with Crippen LogP contribution in [0.15, 0.2) is 52.7 Å². The first-order valence-electron chi connectivity index (χ1n) is 16.5. The third-order valence-electron chi connectivity index (χ3n) is 7.50. The van der Waals surface area contributed by atoms with Gasteiger partial charge in [0.25, 0.3) is 10.1 Å². The highest BCUT2D eigenvalue weighted by Crippen LogP contribution is 2.31. The van der Waals surface area contributed by atoms with E-state index < -0.39 is 16.1 Å². The van der Waals surface area contributed by atoms with Crippen molar-refractivity contribution in [3.8, 4) is 5.75 Å². The number of carbonyl (C=O) groups is 1. The normalized spacial score (nSPS) is 11.7. The van der Waals surface area contributed by atoms with E-state index >= 15 is 0 Å². The van der Waals surface area contributed by atoms with E-state index in [0.717, 1.165) is 19.3 Å². The van der Waals surface area contributed by atoms with E-state index in [-0.39, 0.29) is 24.5 Å². The molecule has 0 aromatic heterocycles. The van der Waals surface area contributed by atoms with E-state index in [9.17, 15) is 18.3 Å². The zero-order valence-corrected chi connectivity index (χ0v) is 27.3. The summed E-state index contributed by atoms with van der Waals surface area (Å²) < 4.78 is 36.3. The monoisotopic (exact) mass is 631 g/mol. The summed E-state index contributed by atoms with van der Waals surface area (Å²) in [6, 6.07) is 11.3. The molecule has 0 fully saturated rings. The minimum Gasteiger partial charge on any atom is -0.508 e. The quantitative estimate of drug-likeness (QED) is 0.0429. The Labute approximate surface area is 264 Å². The van der Waals surface area contributed by atoms with Gasteiger partial charge < -0.3 is 15.2 Å². The first-order chi connectivity index (χ1) is 21.3. The molecule has 0 spiro atoms. The van der Waals surface area contributed by atoms with E-state index in [1.165, 1.54) is 95.6 Å². The Morgan fingerprint density at radius 1 is 0.750 bits per heavy atom. The summed E-state index contributed by atoms with van der Waals surface area (Å²) in [5.41, 5.74) is 1.50. The summed E-state index contributed by atoms with van der Waals surface area (Å²) in [4.78, 5) is 12.8. The summed E-state index contributed by atoms with van der Waals surface area (Å²) in [6.07, 6.45) is 20.8. The van der Waals surface area contributed by atoms with Crippen LogP contribution < -0.4 is 5.32 Å². The highest BCUT2D eigenvalue weighted by Gasteiger charge is 2.13. The summed E-state index contributed by atoms with van der Waals surface area (Å²) in [5.74, 6) is -0.834. The van der Waals surface area contributed by atoms with Crippen LogP contribution >= 0.6 is 0 Å². The topological polar surface area (TPSA) is 138 Å². The lowest BCUT2D eigenvalue weighted by Crippen LogP contribution is -2.10. The van der Waals surface area contributed by atoms with Gasteiger partial charge in [-0.05, 0) is 37.1 Å².